The molecule has 0 saturated carbocycles. The molecule has 23 heavy (non-hydrogen) atoms. The van der Waals surface area contributed by atoms with Gasteiger partial charge in [0, 0.05) is 10.4 Å². The van der Waals surface area contributed by atoms with E-state index in [1.54, 1.807) is 31.4 Å². The second-order valence-corrected chi connectivity index (χ2v) is 6.63. The number of rotatable bonds is 5. The van der Waals surface area contributed by atoms with Gasteiger partial charge in [-0.1, -0.05) is 0 Å². The van der Waals surface area contributed by atoms with Crippen molar-refractivity contribution >= 4 is 23.1 Å². The SMILES string of the molecule is COc1ccc(C(=O)COC(=O)c2cc3c(s2)CCCC3)cc1. The number of carbonyl (C=O) groups is 2. The van der Waals surface area contributed by atoms with Crippen LogP contribution in [0.4, 0.5) is 0 Å². The van der Waals surface area contributed by atoms with Gasteiger partial charge in [-0.25, -0.2) is 4.79 Å². The third kappa shape index (κ3) is 3.62. The second kappa shape index (κ2) is 6.96. The number of esters is 1. The number of Topliss-reactive ketones (excluding diaryl/α,β-unsaturated/α-hetero) is 1. The minimum Gasteiger partial charge on any atom is -0.497 e. The van der Waals surface area contributed by atoms with E-state index in [2.05, 4.69) is 0 Å². The largest absolute Gasteiger partial charge is 0.497 e. The number of hydrogen-bond donors (Lipinski definition) is 0. The molecule has 1 aliphatic carbocycles. The zero-order valence-electron chi connectivity index (χ0n) is 13.0. The summed E-state index contributed by atoms with van der Waals surface area (Å²) < 4.78 is 10.2. The average molecular weight is 330 g/mol. The fourth-order valence-corrected chi connectivity index (χ4v) is 3.80. The van der Waals surface area contributed by atoms with E-state index in [4.69, 9.17) is 9.47 Å². The van der Waals surface area contributed by atoms with Crippen LogP contribution in [0.25, 0.3) is 0 Å². The Hall–Kier alpha value is -2.14. The smallest absolute Gasteiger partial charge is 0.348 e. The van der Waals surface area contributed by atoms with Crippen molar-refractivity contribution in [1.29, 1.82) is 0 Å². The Kier molecular flexibility index (Phi) is 4.76. The summed E-state index contributed by atoms with van der Waals surface area (Å²) in [6, 6.07) is 8.67. The van der Waals surface area contributed by atoms with Gasteiger partial charge in [0.2, 0.25) is 0 Å². The van der Waals surface area contributed by atoms with E-state index < -0.39 is 5.97 Å². The molecule has 1 heterocycles. The van der Waals surface area contributed by atoms with Crippen LogP contribution in [0.15, 0.2) is 30.3 Å². The molecule has 3 rings (SSSR count). The van der Waals surface area contributed by atoms with Crippen LogP contribution in [0.1, 0.15) is 43.3 Å². The molecule has 2 aromatic rings. The van der Waals surface area contributed by atoms with Crippen molar-refractivity contribution in [2.24, 2.45) is 0 Å². The summed E-state index contributed by atoms with van der Waals surface area (Å²) in [5.74, 6) is 0.0521. The Morgan fingerprint density at radius 3 is 2.57 bits per heavy atom. The highest BCUT2D eigenvalue weighted by Gasteiger charge is 2.19. The van der Waals surface area contributed by atoms with E-state index in [1.165, 1.54) is 34.6 Å². The monoisotopic (exact) mass is 330 g/mol. The summed E-state index contributed by atoms with van der Waals surface area (Å²) >= 11 is 1.49. The Labute approximate surface area is 139 Å². The predicted molar refractivity (Wildman–Crippen MR) is 88.6 cm³/mol. The Bertz CT molecular complexity index is 692. The van der Waals surface area contributed by atoms with Gasteiger partial charge in [0.25, 0.3) is 0 Å². The number of ketones is 1. The van der Waals surface area contributed by atoms with Gasteiger partial charge in [0.15, 0.2) is 12.4 Å². The number of methoxy groups -OCH3 is 1. The fourth-order valence-electron chi connectivity index (χ4n) is 2.65. The molecule has 1 aliphatic rings. The maximum atomic E-state index is 12.1. The zero-order valence-corrected chi connectivity index (χ0v) is 13.8. The number of fused-ring (bicyclic) bond motifs is 1. The van der Waals surface area contributed by atoms with E-state index >= 15 is 0 Å². The van der Waals surface area contributed by atoms with Crippen LogP contribution in [0.5, 0.6) is 5.75 Å². The van der Waals surface area contributed by atoms with Crippen LogP contribution in [0.2, 0.25) is 0 Å². The standard InChI is InChI=1S/C18H18O4S/c1-21-14-8-6-12(7-9-14)15(19)11-22-18(20)17-10-13-4-2-3-5-16(13)23-17/h6-10H,2-5,11H2,1H3. The van der Waals surface area contributed by atoms with Crippen molar-refractivity contribution in [3.05, 3.63) is 51.2 Å². The normalized spacial score (nSPS) is 13.3. The van der Waals surface area contributed by atoms with Crippen molar-refractivity contribution in [3.8, 4) is 5.75 Å². The summed E-state index contributed by atoms with van der Waals surface area (Å²) in [5, 5.41) is 0. The number of hydrogen-bond acceptors (Lipinski definition) is 5. The first-order valence-corrected chi connectivity index (χ1v) is 8.45. The lowest BCUT2D eigenvalue weighted by atomic mass is 9.99. The van der Waals surface area contributed by atoms with Crippen LogP contribution >= 0.6 is 11.3 Å². The van der Waals surface area contributed by atoms with E-state index in [0.29, 0.717) is 16.2 Å². The summed E-state index contributed by atoms with van der Waals surface area (Å²) in [5.41, 5.74) is 1.76. The van der Waals surface area contributed by atoms with Crippen molar-refractivity contribution in [3.63, 3.8) is 0 Å². The highest BCUT2D eigenvalue weighted by atomic mass is 32.1. The quantitative estimate of drug-likeness (QED) is 0.620. The van der Waals surface area contributed by atoms with Gasteiger partial charge >= 0.3 is 5.97 Å². The molecule has 1 aromatic heterocycles. The first-order chi connectivity index (χ1) is 11.2. The molecule has 0 spiro atoms. The summed E-state index contributed by atoms with van der Waals surface area (Å²) in [4.78, 5) is 26.1. The third-order valence-corrected chi connectivity index (χ3v) is 5.16. The van der Waals surface area contributed by atoms with Crippen LogP contribution < -0.4 is 4.74 Å². The lowest BCUT2D eigenvalue weighted by Gasteiger charge is -2.08. The molecule has 0 atom stereocenters. The van der Waals surface area contributed by atoms with E-state index in [9.17, 15) is 9.59 Å². The first-order valence-electron chi connectivity index (χ1n) is 7.63. The van der Waals surface area contributed by atoms with Crippen molar-refractivity contribution in [2.75, 3.05) is 13.7 Å². The zero-order chi connectivity index (χ0) is 16.2. The minimum atomic E-state index is -0.411. The van der Waals surface area contributed by atoms with Gasteiger partial charge in [-0.3, -0.25) is 4.79 Å². The molecule has 0 unspecified atom stereocenters. The van der Waals surface area contributed by atoms with Crippen LogP contribution in [0, 0.1) is 0 Å². The first kappa shape index (κ1) is 15.7. The van der Waals surface area contributed by atoms with Crippen molar-refractivity contribution < 1.29 is 19.1 Å². The molecule has 120 valence electrons. The molecule has 4 nitrogen and oxygen atoms in total. The van der Waals surface area contributed by atoms with Crippen LogP contribution in [-0.2, 0) is 17.6 Å². The van der Waals surface area contributed by atoms with Gasteiger partial charge in [-0.05, 0) is 61.6 Å². The molecule has 5 heteroatoms. The van der Waals surface area contributed by atoms with Crippen LogP contribution in [0.3, 0.4) is 0 Å². The predicted octanol–water partition coefficient (Wildman–Crippen LogP) is 3.68. The second-order valence-electron chi connectivity index (χ2n) is 5.49. The van der Waals surface area contributed by atoms with Crippen molar-refractivity contribution in [2.45, 2.75) is 25.7 Å². The summed E-state index contributed by atoms with van der Waals surface area (Å²) in [6.07, 6.45) is 4.42. The fraction of sp³-hybridized carbons (Fsp3) is 0.333. The molecule has 0 amide bonds. The molecule has 0 fully saturated rings. The average Bonchev–Trinajstić information content (AvgIpc) is 3.03. The topological polar surface area (TPSA) is 52.6 Å². The molecule has 1 aromatic carbocycles. The van der Waals surface area contributed by atoms with E-state index in [-0.39, 0.29) is 12.4 Å². The number of aryl methyl sites for hydroxylation is 2. The summed E-state index contributed by atoms with van der Waals surface area (Å²) in [6.45, 7) is -0.242. The van der Waals surface area contributed by atoms with Gasteiger partial charge < -0.3 is 9.47 Å². The van der Waals surface area contributed by atoms with Crippen molar-refractivity contribution in [1.82, 2.24) is 0 Å². The van der Waals surface area contributed by atoms with Gasteiger partial charge in [-0.15, -0.1) is 11.3 Å². The Balaban J connectivity index is 1.59. The maximum Gasteiger partial charge on any atom is 0.348 e. The highest BCUT2D eigenvalue weighted by molar-refractivity contribution is 7.14. The maximum absolute atomic E-state index is 12.1. The number of carbonyl (C=O) groups excluding carboxylic acids is 2. The number of ether oxygens (including phenoxy) is 2. The highest BCUT2D eigenvalue weighted by Crippen LogP contribution is 2.30. The van der Waals surface area contributed by atoms with Gasteiger partial charge in [0.1, 0.15) is 10.6 Å². The van der Waals surface area contributed by atoms with E-state index in [1.807, 2.05) is 6.07 Å². The Morgan fingerprint density at radius 1 is 1.13 bits per heavy atom. The summed E-state index contributed by atoms with van der Waals surface area (Å²) in [7, 11) is 1.57. The molecule has 0 bridgehead atoms. The lowest BCUT2D eigenvalue weighted by molar-refractivity contribution is 0.0479. The third-order valence-electron chi connectivity index (χ3n) is 3.94. The number of thiophene rings is 1. The molecule has 0 aliphatic heterocycles. The van der Waals surface area contributed by atoms with Gasteiger partial charge in [0.05, 0.1) is 7.11 Å². The molecule has 0 saturated heterocycles. The van der Waals surface area contributed by atoms with Gasteiger partial charge in [-0.2, -0.15) is 0 Å². The van der Waals surface area contributed by atoms with E-state index in [0.717, 1.165) is 12.8 Å². The number of benzene rings is 1. The molecule has 0 radical (unpaired) electrons. The Morgan fingerprint density at radius 2 is 1.87 bits per heavy atom. The minimum absolute atomic E-state index is 0.220. The molecule has 0 N–H and O–H groups in total. The molecular formula is C18H18O4S. The molecular weight excluding hydrogens is 312 g/mol. The lowest BCUT2D eigenvalue weighted by Crippen LogP contribution is -2.13. The van der Waals surface area contributed by atoms with Crippen LogP contribution in [-0.4, -0.2) is 25.5 Å².